The molecule has 0 unspecified atom stereocenters. The average molecular weight is 277 g/mol. The quantitative estimate of drug-likeness (QED) is 0.848. The summed E-state index contributed by atoms with van der Waals surface area (Å²) in [6, 6.07) is 0. The van der Waals surface area contributed by atoms with Gasteiger partial charge < -0.3 is 11.1 Å². The fourth-order valence-electron chi connectivity index (χ4n) is 1.76. The van der Waals surface area contributed by atoms with E-state index in [-0.39, 0.29) is 0 Å². The number of aryl methyl sites for hydroxylation is 1. The van der Waals surface area contributed by atoms with Crippen LogP contribution in [0.5, 0.6) is 0 Å². The number of nitrogens with two attached hydrogens (primary N) is 1. The topological polar surface area (TPSA) is 76.7 Å². The highest BCUT2D eigenvalue weighted by molar-refractivity contribution is 7.07. The molecule has 2 rings (SSSR count). The molecule has 0 fully saturated rings. The predicted octanol–water partition coefficient (Wildman–Crippen LogP) is 2.43. The molecule has 0 bridgehead atoms. The van der Waals surface area contributed by atoms with Crippen LogP contribution in [0.4, 0.5) is 11.6 Å². The van der Waals surface area contributed by atoms with E-state index >= 15 is 0 Å². The van der Waals surface area contributed by atoms with Crippen LogP contribution < -0.4 is 11.1 Å². The van der Waals surface area contributed by atoms with Gasteiger partial charge in [-0.25, -0.2) is 15.0 Å². The van der Waals surface area contributed by atoms with E-state index in [1.54, 1.807) is 11.3 Å². The molecule has 0 aliphatic carbocycles. The van der Waals surface area contributed by atoms with Crippen molar-refractivity contribution in [2.75, 3.05) is 17.6 Å². The Morgan fingerprint density at radius 2 is 2.16 bits per heavy atom. The van der Waals surface area contributed by atoms with Gasteiger partial charge in [0.2, 0.25) is 0 Å². The Bertz CT molecular complexity index is 524. The van der Waals surface area contributed by atoms with E-state index in [2.05, 4.69) is 32.6 Å². The zero-order chi connectivity index (χ0) is 13.7. The highest BCUT2D eigenvalue weighted by Crippen LogP contribution is 2.17. The standard InChI is InChI=1S/C13H19N5S/c1-3-4-11-17-12(14)9(2)13(18-11)15-6-5-10-7-19-8-16-10/h7-8H,3-6H2,1-2H3,(H3,14,15,17,18). The third-order valence-electron chi connectivity index (χ3n) is 2.86. The molecular formula is C13H19N5S. The van der Waals surface area contributed by atoms with E-state index in [4.69, 9.17) is 5.73 Å². The van der Waals surface area contributed by atoms with Gasteiger partial charge in [-0.3, -0.25) is 0 Å². The van der Waals surface area contributed by atoms with E-state index in [0.29, 0.717) is 5.82 Å². The number of thiazole rings is 1. The van der Waals surface area contributed by atoms with Gasteiger partial charge in [0.15, 0.2) is 0 Å². The lowest BCUT2D eigenvalue weighted by molar-refractivity contribution is 0.831. The maximum Gasteiger partial charge on any atom is 0.134 e. The second kappa shape index (κ2) is 6.47. The molecule has 3 N–H and O–H groups in total. The molecule has 0 saturated heterocycles. The Morgan fingerprint density at radius 3 is 2.84 bits per heavy atom. The van der Waals surface area contributed by atoms with Crippen molar-refractivity contribution in [3.05, 3.63) is 28.0 Å². The zero-order valence-electron chi connectivity index (χ0n) is 11.3. The largest absolute Gasteiger partial charge is 0.383 e. The number of nitrogens with one attached hydrogen (secondary N) is 1. The van der Waals surface area contributed by atoms with E-state index in [1.807, 2.05) is 12.4 Å². The van der Waals surface area contributed by atoms with Crippen LogP contribution in [0.3, 0.4) is 0 Å². The molecular weight excluding hydrogens is 258 g/mol. The first-order valence-corrected chi connectivity index (χ1v) is 7.39. The summed E-state index contributed by atoms with van der Waals surface area (Å²) in [5.41, 5.74) is 9.78. The normalized spacial score (nSPS) is 10.6. The summed E-state index contributed by atoms with van der Waals surface area (Å²) in [7, 11) is 0. The van der Waals surface area contributed by atoms with Crippen LogP contribution in [-0.4, -0.2) is 21.5 Å². The number of nitrogens with zero attached hydrogens (tertiary/aromatic N) is 3. The van der Waals surface area contributed by atoms with Gasteiger partial charge in [-0.05, 0) is 13.3 Å². The molecule has 0 amide bonds. The SMILES string of the molecule is CCCc1nc(N)c(C)c(NCCc2cscn2)n1. The molecule has 102 valence electrons. The van der Waals surface area contributed by atoms with Crippen LogP contribution in [0.1, 0.15) is 30.4 Å². The lowest BCUT2D eigenvalue weighted by atomic mass is 10.2. The van der Waals surface area contributed by atoms with E-state index in [0.717, 1.165) is 48.7 Å². The maximum absolute atomic E-state index is 5.92. The highest BCUT2D eigenvalue weighted by atomic mass is 32.1. The Hall–Kier alpha value is -1.69. The molecule has 6 heteroatoms. The van der Waals surface area contributed by atoms with Gasteiger partial charge in [0.1, 0.15) is 17.5 Å². The Labute approximate surface area is 117 Å². The van der Waals surface area contributed by atoms with Gasteiger partial charge in [0.25, 0.3) is 0 Å². The molecule has 5 nitrogen and oxygen atoms in total. The van der Waals surface area contributed by atoms with E-state index in [1.165, 1.54) is 0 Å². The number of hydrogen-bond acceptors (Lipinski definition) is 6. The molecule has 0 aliphatic heterocycles. The van der Waals surface area contributed by atoms with E-state index in [9.17, 15) is 0 Å². The Morgan fingerprint density at radius 1 is 1.32 bits per heavy atom. The molecule has 2 aromatic heterocycles. The van der Waals surface area contributed by atoms with Crippen LogP contribution in [0, 0.1) is 6.92 Å². The minimum atomic E-state index is 0.564. The van der Waals surface area contributed by atoms with Crippen molar-refractivity contribution in [2.24, 2.45) is 0 Å². The summed E-state index contributed by atoms with van der Waals surface area (Å²) in [5, 5.41) is 5.39. The van der Waals surface area contributed by atoms with Crippen molar-refractivity contribution in [3.8, 4) is 0 Å². The molecule has 2 aromatic rings. The summed E-state index contributed by atoms with van der Waals surface area (Å²) >= 11 is 1.62. The van der Waals surface area contributed by atoms with Gasteiger partial charge in [0.05, 0.1) is 11.2 Å². The molecule has 0 atom stereocenters. The first-order valence-electron chi connectivity index (χ1n) is 6.44. The molecule has 19 heavy (non-hydrogen) atoms. The molecule has 0 radical (unpaired) electrons. The molecule has 0 aliphatic rings. The summed E-state index contributed by atoms with van der Waals surface area (Å²) < 4.78 is 0. The molecule has 0 spiro atoms. The lowest BCUT2D eigenvalue weighted by Gasteiger charge is -2.11. The van der Waals surface area contributed by atoms with Gasteiger partial charge in [0, 0.05) is 30.3 Å². The van der Waals surface area contributed by atoms with Crippen LogP contribution in [-0.2, 0) is 12.8 Å². The minimum absolute atomic E-state index is 0.564. The fourth-order valence-corrected chi connectivity index (χ4v) is 2.35. The van der Waals surface area contributed by atoms with Crippen molar-refractivity contribution < 1.29 is 0 Å². The molecule has 0 aromatic carbocycles. The second-order valence-electron chi connectivity index (χ2n) is 4.41. The van der Waals surface area contributed by atoms with Crippen LogP contribution in [0.2, 0.25) is 0 Å². The zero-order valence-corrected chi connectivity index (χ0v) is 12.1. The predicted molar refractivity (Wildman–Crippen MR) is 79.5 cm³/mol. The lowest BCUT2D eigenvalue weighted by Crippen LogP contribution is -2.12. The summed E-state index contributed by atoms with van der Waals surface area (Å²) in [6.07, 6.45) is 2.75. The van der Waals surface area contributed by atoms with Gasteiger partial charge in [-0.1, -0.05) is 6.92 Å². The molecule has 0 saturated carbocycles. The maximum atomic E-state index is 5.92. The highest BCUT2D eigenvalue weighted by Gasteiger charge is 2.08. The van der Waals surface area contributed by atoms with E-state index < -0.39 is 0 Å². The van der Waals surface area contributed by atoms with Crippen molar-refractivity contribution in [1.29, 1.82) is 0 Å². The summed E-state index contributed by atoms with van der Waals surface area (Å²) in [5.74, 6) is 2.21. The fraction of sp³-hybridized carbons (Fsp3) is 0.462. The number of aromatic nitrogens is 3. The third kappa shape index (κ3) is 3.64. The number of hydrogen-bond donors (Lipinski definition) is 2. The minimum Gasteiger partial charge on any atom is -0.383 e. The van der Waals surface area contributed by atoms with Crippen LogP contribution >= 0.6 is 11.3 Å². The first kappa shape index (κ1) is 13.7. The van der Waals surface area contributed by atoms with Crippen LogP contribution in [0.15, 0.2) is 10.9 Å². The summed E-state index contributed by atoms with van der Waals surface area (Å²) in [6.45, 7) is 4.84. The summed E-state index contributed by atoms with van der Waals surface area (Å²) in [4.78, 5) is 13.1. The monoisotopic (exact) mass is 277 g/mol. The average Bonchev–Trinajstić information content (AvgIpc) is 2.88. The number of anilines is 2. The third-order valence-corrected chi connectivity index (χ3v) is 3.50. The Kier molecular flexibility index (Phi) is 4.68. The van der Waals surface area contributed by atoms with Gasteiger partial charge >= 0.3 is 0 Å². The van der Waals surface area contributed by atoms with Crippen molar-refractivity contribution in [2.45, 2.75) is 33.1 Å². The number of rotatable bonds is 6. The van der Waals surface area contributed by atoms with Gasteiger partial charge in [-0.2, -0.15) is 0 Å². The van der Waals surface area contributed by atoms with Crippen molar-refractivity contribution in [1.82, 2.24) is 15.0 Å². The first-order chi connectivity index (χ1) is 9.20. The van der Waals surface area contributed by atoms with Crippen LogP contribution in [0.25, 0.3) is 0 Å². The second-order valence-corrected chi connectivity index (χ2v) is 5.12. The Balaban J connectivity index is 2.02. The smallest absolute Gasteiger partial charge is 0.134 e. The molecule has 2 heterocycles. The van der Waals surface area contributed by atoms with Crippen molar-refractivity contribution >= 4 is 23.0 Å². The number of nitrogen functional groups attached to an aromatic ring is 1. The van der Waals surface area contributed by atoms with Gasteiger partial charge in [-0.15, -0.1) is 11.3 Å². The van der Waals surface area contributed by atoms with Crippen molar-refractivity contribution in [3.63, 3.8) is 0 Å².